The maximum absolute atomic E-state index is 12.6. The van der Waals surface area contributed by atoms with Crippen molar-refractivity contribution in [1.29, 1.82) is 0 Å². The van der Waals surface area contributed by atoms with E-state index in [1.807, 2.05) is 6.92 Å². The smallest absolute Gasteiger partial charge is 0.123 e. The van der Waals surface area contributed by atoms with E-state index in [9.17, 15) is 4.39 Å². The Balaban J connectivity index is 2.44. The minimum absolute atomic E-state index is 0.0976. The summed E-state index contributed by atoms with van der Waals surface area (Å²) in [7, 11) is 0. The standard InChI is InChI=1S/C12H18FNO/c1-9(14-10(2)8-15)7-11-3-5-12(13)6-4-11/h3-6,9-10,14-15H,7-8H2,1-2H3/t9?,10-/m1/s1. The Bertz CT molecular complexity index is 286. The number of aliphatic hydroxyl groups is 1. The van der Waals surface area contributed by atoms with Gasteiger partial charge in [0.2, 0.25) is 0 Å². The fourth-order valence-electron chi connectivity index (χ4n) is 1.57. The van der Waals surface area contributed by atoms with Gasteiger partial charge in [-0.25, -0.2) is 4.39 Å². The maximum Gasteiger partial charge on any atom is 0.123 e. The Morgan fingerprint density at radius 3 is 2.33 bits per heavy atom. The zero-order valence-corrected chi connectivity index (χ0v) is 9.20. The molecule has 0 spiro atoms. The first-order chi connectivity index (χ1) is 7.11. The second kappa shape index (κ2) is 5.83. The van der Waals surface area contributed by atoms with Gasteiger partial charge in [0.1, 0.15) is 5.82 Å². The topological polar surface area (TPSA) is 32.3 Å². The first-order valence-corrected chi connectivity index (χ1v) is 5.23. The van der Waals surface area contributed by atoms with Crippen molar-refractivity contribution >= 4 is 0 Å². The van der Waals surface area contributed by atoms with Crippen LogP contribution in [0.2, 0.25) is 0 Å². The fourth-order valence-corrected chi connectivity index (χ4v) is 1.57. The second-order valence-electron chi connectivity index (χ2n) is 3.98. The molecule has 2 nitrogen and oxygen atoms in total. The van der Waals surface area contributed by atoms with Crippen molar-refractivity contribution in [2.75, 3.05) is 6.61 Å². The van der Waals surface area contributed by atoms with E-state index in [1.165, 1.54) is 12.1 Å². The Labute approximate surface area is 90.1 Å². The lowest BCUT2D eigenvalue weighted by Gasteiger charge is -2.18. The van der Waals surface area contributed by atoms with Crippen molar-refractivity contribution in [2.45, 2.75) is 32.4 Å². The molecule has 2 N–H and O–H groups in total. The summed E-state index contributed by atoms with van der Waals surface area (Å²) in [6, 6.07) is 6.89. The van der Waals surface area contributed by atoms with E-state index in [-0.39, 0.29) is 24.5 Å². The number of rotatable bonds is 5. The van der Waals surface area contributed by atoms with E-state index in [1.54, 1.807) is 12.1 Å². The minimum Gasteiger partial charge on any atom is -0.395 e. The average molecular weight is 211 g/mol. The molecular formula is C12H18FNO. The molecule has 1 unspecified atom stereocenters. The summed E-state index contributed by atoms with van der Waals surface area (Å²) in [5.41, 5.74) is 1.10. The molecule has 15 heavy (non-hydrogen) atoms. The summed E-state index contributed by atoms with van der Waals surface area (Å²) in [5, 5.41) is 12.1. The quantitative estimate of drug-likeness (QED) is 0.777. The van der Waals surface area contributed by atoms with Gasteiger partial charge in [-0.1, -0.05) is 12.1 Å². The lowest BCUT2D eigenvalue weighted by Crippen LogP contribution is -2.37. The van der Waals surface area contributed by atoms with Crippen LogP contribution in [0, 0.1) is 5.82 Å². The van der Waals surface area contributed by atoms with Crippen molar-refractivity contribution in [1.82, 2.24) is 5.32 Å². The first kappa shape index (κ1) is 12.1. The Morgan fingerprint density at radius 1 is 1.20 bits per heavy atom. The van der Waals surface area contributed by atoms with Gasteiger partial charge in [0, 0.05) is 12.1 Å². The third-order valence-electron chi connectivity index (χ3n) is 2.30. The number of nitrogens with one attached hydrogen (secondary N) is 1. The summed E-state index contributed by atoms with van der Waals surface area (Å²) >= 11 is 0. The van der Waals surface area contributed by atoms with Gasteiger partial charge in [-0.05, 0) is 38.0 Å². The fraction of sp³-hybridized carbons (Fsp3) is 0.500. The van der Waals surface area contributed by atoms with Crippen LogP contribution in [0.5, 0.6) is 0 Å². The van der Waals surface area contributed by atoms with Crippen molar-refractivity contribution < 1.29 is 9.50 Å². The SMILES string of the molecule is CC(Cc1ccc(F)cc1)N[C@H](C)CO. The Morgan fingerprint density at radius 2 is 1.80 bits per heavy atom. The molecule has 2 atom stereocenters. The molecule has 0 amide bonds. The summed E-state index contributed by atoms with van der Waals surface area (Å²) < 4.78 is 12.6. The zero-order chi connectivity index (χ0) is 11.3. The zero-order valence-electron chi connectivity index (χ0n) is 9.20. The number of hydrogen-bond acceptors (Lipinski definition) is 2. The van der Waals surface area contributed by atoms with Crippen LogP contribution in [-0.2, 0) is 6.42 Å². The Hall–Kier alpha value is -0.930. The molecule has 3 heteroatoms. The van der Waals surface area contributed by atoms with Crippen molar-refractivity contribution in [3.8, 4) is 0 Å². The van der Waals surface area contributed by atoms with Gasteiger partial charge in [0.15, 0.2) is 0 Å². The van der Waals surface area contributed by atoms with Crippen LogP contribution in [0.3, 0.4) is 0 Å². The highest BCUT2D eigenvalue weighted by atomic mass is 19.1. The molecule has 0 heterocycles. The van der Waals surface area contributed by atoms with Gasteiger partial charge >= 0.3 is 0 Å². The predicted molar refractivity (Wildman–Crippen MR) is 59.2 cm³/mol. The van der Waals surface area contributed by atoms with Crippen molar-refractivity contribution in [2.24, 2.45) is 0 Å². The monoisotopic (exact) mass is 211 g/mol. The minimum atomic E-state index is -0.205. The third-order valence-corrected chi connectivity index (χ3v) is 2.30. The van der Waals surface area contributed by atoms with Gasteiger partial charge in [-0.15, -0.1) is 0 Å². The Kier molecular flexibility index (Phi) is 4.72. The summed E-state index contributed by atoms with van der Waals surface area (Å²) in [6.45, 7) is 4.12. The average Bonchev–Trinajstić information content (AvgIpc) is 2.21. The van der Waals surface area contributed by atoms with Crippen LogP contribution in [-0.4, -0.2) is 23.8 Å². The van der Waals surface area contributed by atoms with Crippen LogP contribution in [0.25, 0.3) is 0 Å². The lowest BCUT2D eigenvalue weighted by atomic mass is 10.1. The summed E-state index contributed by atoms with van der Waals surface area (Å²) in [4.78, 5) is 0. The van der Waals surface area contributed by atoms with E-state index in [2.05, 4.69) is 12.2 Å². The van der Waals surface area contributed by atoms with Gasteiger partial charge in [0.25, 0.3) is 0 Å². The molecule has 0 aromatic heterocycles. The maximum atomic E-state index is 12.6. The van der Waals surface area contributed by atoms with Crippen LogP contribution in [0.15, 0.2) is 24.3 Å². The molecule has 0 aliphatic carbocycles. The van der Waals surface area contributed by atoms with E-state index in [0.717, 1.165) is 12.0 Å². The summed E-state index contributed by atoms with van der Waals surface area (Å²) in [5.74, 6) is -0.205. The van der Waals surface area contributed by atoms with Crippen LogP contribution < -0.4 is 5.32 Å². The molecule has 1 rings (SSSR count). The first-order valence-electron chi connectivity index (χ1n) is 5.23. The largest absolute Gasteiger partial charge is 0.395 e. The van der Waals surface area contributed by atoms with Crippen LogP contribution >= 0.6 is 0 Å². The van der Waals surface area contributed by atoms with E-state index < -0.39 is 0 Å². The highest BCUT2D eigenvalue weighted by Crippen LogP contribution is 2.05. The molecule has 84 valence electrons. The van der Waals surface area contributed by atoms with Gasteiger partial charge in [0.05, 0.1) is 6.61 Å². The van der Waals surface area contributed by atoms with E-state index in [0.29, 0.717) is 0 Å². The number of aliphatic hydroxyl groups excluding tert-OH is 1. The van der Waals surface area contributed by atoms with E-state index in [4.69, 9.17) is 5.11 Å². The van der Waals surface area contributed by atoms with Gasteiger partial charge in [-0.3, -0.25) is 0 Å². The number of benzene rings is 1. The molecular weight excluding hydrogens is 193 g/mol. The molecule has 0 saturated heterocycles. The highest BCUT2D eigenvalue weighted by Gasteiger charge is 2.06. The number of hydrogen-bond donors (Lipinski definition) is 2. The highest BCUT2D eigenvalue weighted by molar-refractivity contribution is 5.17. The molecule has 0 saturated carbocycles. The molecule has 0 aliphatic heterocycles. The lowest BCUT2D eigenvalue weighted by molar-refractivity contribution is 0.242. The molecule has 0 aliphatic rings. The van der Waals surface area contributed by atoms with Crippen molar-refractivity contribution in [3.05, 3.63) is 35.6 Å². The van der Waals surface area contributed by atoms with Crippen LogP contribution in [0.1, 0.15) is 19.4 Å². The number of halogens is 1. The van der Waals surface area contributed by atoms with Crippen molar-refractivity contribution in [3.63, 3.8) is 0 Å². The summed E-state index contributed by atoms with van der Waals surface area (Å²) in [6.07, 6.45) is 0.838. The third kappa shape index (κ3) is 4.40. The molecule has 1 aromatic carbocycles. The second-order valence-corrected chi connectivity index (χ2v) is 3.98. The molecule has 0 radical (unpaired) electrons. The van der Waals surface area contributed by atoms with Crippen LogP contribution in [0.4, 0.5) is 4.39 Å². The van der Waals surface area contributed by atoms with Gasteiger partial charge < -0.3 is 10.4 Å². The molecule has 0 fully saturated rings. The van der Waals surface area contributed by atoms with E-state index >= 15 is 0 Å². The van der Waals surface area contributed by atoms with Gasteiger partial charge in [-0.2, -0.15) is 0 Å². The molecule has 0 bridgehead atoms. The predicted octanol–water partition coefficient (Wildman–Crippen LogP) is 1.73. The molecule has 1 aromatic rings. The normalized spacial score (nSPS) is 14.9.